The summed E-state index contributed by atoms with van der Waals surface area (Å²) in [7, 11) is -3.42. The van der Waals surface area contributed by atoms with E-state index in [-0.39, 0.29) is 5.76 Å². The van der Waals surface area contributed by atoms with E-state index in [0.717, 1.165) is 22.9 Å². The summed E-state index contributed by atoms with van der Waals surface area (Å²) in [5.74, 6) is -0.418. The zero-order valence-corrected chi connectivity index (χ0v) is 15.9. The highest BCUT2D eigenvalue weighted by atomic mass is 32.2. The number of benzene rings is 2. The van der Waals surface area contributed by atoms with Gasteiger partial charge in [0.15, 0.2) is 0 Å². The summed E-state index contributed by atoms with van der Waals surface area (Å²) in [5.41, 5.74) is 4.10. The van der Waals surface area contributed by atoms with Crippen LogP contribution in [0.15, 0.2) is 53.1 Å². The van der Waals surface area contributed by atoms with Gasteiger partial charge in [0.05, 0.1) is 11.9 Å². The van der Waals surface area contributed by atoms with Crippen LogP contribution in [0.5, 0.6) is 0 Å². The maximum absolute atomic E-state index is 12.4. The molecule has 7 nitrogen and oxygen atoms in total. The van der Waals surface area contributed by atoms with Crippen molar-refractivity contribution in [1.29, 1.82) is 0 Å². The molecule has 0 saturated heterocycles. The average Bonchev–Trinajstić information content (AvgIpc) is 3.07. The third kappa shape index (κ3) is 4.73. The van der Waals surface area contributed by atoms with Gasteiger partial charge in [-0.05, 0) is 31.5 Å². The zero-order valence-electron chi connectivity index (χ0n) is 15.1. The predicted molar refractivity (Wildman–Crippen MR) is 104 cm³/mol. The summed E-state index contributed by atoms with van der Waals surface area (Å²) in [5, 5.41) is 6.61. The van der Waals surface area contributed by atoms with Crippen LogP contribution in [0, 0.1) is 13.8 Å². The number of carbonyl (C=O) groups is 1. The van der Waals surface area contributed by atoms with Gasteiger partial charge in [-0.25, -0.2) is 8.42 Å². The standard InChI is InChI=1S/C19H19N3O4S/c1-12-4-7-14(8-5-12)17-11-18(26-21-17)19(23)20-15-9-6-13(2)16(10-15)22-27(3,24)25/h4-11,22H,1-3H3,(H,20,23). The van der Waals surface area contributed by atoms with Crippen molar-refractivity contribution in [3.8, 4) is 11.3 Å². The van der Waals surface area contributed by atoms with Crippen molar-refractivity contribution >= 4 is 27.3 Å². The van der Waals surface area contributed by atoms with Crippen molar-refractivity contribution in [2.45, 2.75) is 13.8 Å². The highest BCUT2D eigenvalue weighted by molar-refractivity contribution is 7.92. The van der Waals surface area contributed by atoms with Gasteiger partial charge >= 0.3 is 0 Å². The Labute approximate surface area is 157 Å². The zero-order chi connectivity index (χ0) is 19.6. The summed E-state index contributed by atoms with van der Waals surface area (Å²) < 4.78 is 30.5. The quantitative estimate of drug-likeness (QED) is 0.699. The van der Waals surface area contributed by atoms with Crippen molar-refractivity contribution in [3.63, 3.8) is 0 Å². The number of nitrogens with one attached hydrogen (secondary N) is 2. The van der Waals surface area contributed by atoms with Gasteiger partial charge in [-0.1, -0.05) is 41.1 Å². The van der Waals surface area contributed by atoms with Gasteiger partial charge in [-0.15, -0.1) is 0 Å². The minimum atomic E-state index is -3.42. The highest BCUT2D eigenvalue weighted by Gasteiger charge is 2.15. The number of aromatic nitrogens is 1. The van der Waals surface area contributed by atoms with Gasteiger partial charge < -0.3 is 9.84 Å². The predicted octanol–water partition coefficient (Wildman–Crippen LogP) is 3.58. The third-order valence-corrected chi connectivity index (χ3v) is 4.46. The largest absolute Gasteiger partial charge is 0.350 e. The van der Waals surface area contributed by atoms with Gasteiger partial charge in [0.1, 0.15) is 5.69 Å². The van der Waals surface area contributed by atoms with E-state index in [9.17, 15) is 13.2 Å². The summed E-state index contributed by atoms with van der Waals surface area (Å²) in [6, 6.07) is 14.2. The Morgan fingerprint density at radius 3 is 2.41 bits per heavy atom. The van der Waals surface area contributed by atoms with E-state index in [1.54, 1.807) is 31.2 Å². The second kappa shape index (κ2) is 7.24. The van der Waals surface area contributed by atoms with Gasteiger partial charge in [0, 0.05) is 17.3 Å². The van der Waals surface area contributed by atoms with Crippen LogP contribution in [0.1, 0.15) is 21.7 Å². The molecule has 0 radical (unpaired) electrons. The molecule has 0 aliphatic rings. The van der Waals surface area contributed by atoms with Crippen molar-refractivity contribution in [3.05, 3.63) is 65.4 Å². The van der Waals surface area contributed by atoms with E-state index >= 15 is 0 Å². The first-order valence-corrected chi connectivity index (χ1v) is 10.0. The first-order valence-electron chi connectivity index (χ1n) is 8.15. The molecule has 140 valence electrons. The van der Waals surface area contributed by atoms with Crippen molar-refractivity contribution in [1.82, 2.24) is 5.16 Å². The molecule has 0 saturated carbocycles. The van der Waals surface area contributed by atoms with Crippen LogP contribution in [0.2, 0.25) is 0 Å². The Morgan fingerprint density at radius 1 is 1.04 bits per heavy atom. The topological polar surface area (TPSA) is 101 Å². The number of anilines is 2. The molecule has 8 heteroatoms. The molecular formula is C19H19N3O4S. The van der Waals surface area contributed by atoms with Crippen LogP contribution >= 0.6 is 0 Å². The fraction of sp³-hybridized carbons (Fsp3) is 0.158. The first-order chi connectivity index (χ1) is 12.7. The SMILES string of the molecule is Cc1ccc(-c2cc(C(=O)Nc3ccc(C)c(NS(C)(=O)=O)c3)on2)cc1. The fourth-order valence-corrected chi connectivity index (χ4v) is 3.06. The van der Waals surface area contributed by atoms with E-state index in [2.05, 4.69) is 15.2 Å². The number of hydrogen-bond acceptors (Lipinski definition) is 5. The van der Waals surface area contributed by atoms with Crippen LogP contribution in [-0.4, -0.2) is 25.7 Å². The summed E-state index contributed by atoms with van der Waals surface area (Å²) in [4.78, 5) is 12.4. The fourth-order valence-electron chi connectivity index (χ4n) is 2.44. The molecule has 0 fully saturated rings. The maximum atomic E-state index is 12.4. The molecule has 0 aliphatic heterocycles. The molecule has 0 unspecified atom stereocenters. The van der Waals surface area contributed by atoms with Crippen LogP contribution in [-0.2, 0) is 10.0 Å². The molecule has 1 heterocycles. The van der Waals surface area contributed by atoms with E-state index in [1.165, 1.54) is 0 Å². The van der Waals surface area contributed by atoms with Gasteiger partial charge in [0.25, 0.3) is 5.91 Å². The Morgan fingerprint density at radius 2 is 1.74 bits per heavy atom. The number of aryl methyl sites for hydroxylation is 2. The van der Waals surface area contributed by atoms with Crippen LogP contribution in [0.25, 0.3) is 11.3 Å². The lowest BCUT2D eigenvalue weighted by molar-refractivity contribution is 0.0988. The molecule has 3 rings (SSSR count). The van der Waals surface area contributed by atoms with Gasteiger partial charge in [-0.3, -0.25) is 9.52 Å². The third-order valence-electron chi connectivity index (χ3n) is 3.87. The Kier molecular flexibility index (Phi) is 5.00. The minimum absolute atomic E-state index is 0.0590. The average molecular weight is 385 g/mol. The second-order valence-corrected chi connectivity index (χ2v) is 8.05. The van der Waals surface area contributed by atoms with E-state index in [0.29, 0.717) is 17.1 Å². The molecular weight excluding hydrogens is 366 g/mol. The molecule has 3 aromatic rings. The number of nitrogens with zero attached hydrogens (tertiary/aromatic N) is 1. The molecule has 0 spiro atoms. The van der Waals surface area contributed by atoms with E-state index < -0.39 is 15.9 Å². The molecule has 1 amide bonds. The highest BCUT2D eigenvalue weighted by Crippen LogP contribution is 2.23. The smallest absolute Gasteiger partial charge is 0.294 e. The number of rotatable bonds is 5. The van der Waals surface area contributed by atoms with Crippen LogP contribution in [0.3, 0.4) is 0 Å². The second-order valence-electron chi connectivity index (χ2n) is 6.30. The number of hydrogen-bond donors (Lipinski definition) is 2. The Hall–Kier alpha value is -3.13. The first kappa shape index (κ1) is 18.7. The van der Waals surface area contributed by atoms with E-state index in [1.807, 2.05) is 31.2 Å². The lowest BCUT2D eigenvalue weighted by Gasteiger charge is -2.10. The molecule has 27 heavy (non-hydrogen) atoms. The normalized spacial score (nSPS) is 11.2. The molecule has 2 N–H and O–H groups in total. The lowest BCUT2D eigenvalue weighted by Crippen LogP contribution is -2.13. The maximum Gasteiger partial charge on any atom is 0.294 e. The van der Waals surface area contributed by atoms with Gasteiger partial charge in [0.2, 0.25) is 15.8 Å². The monoisotopic (exact) mass is 385 g/mol. The molecule has 2 aromatic carbocycles. The summed E-state index contributed by atoms with van der Waals surface area (Å²) in [6.07, 6.45) is 1.07. The summed E-state index contributed by atoms with van der Waals surface area (Å²) in [6.45, 7) is 3.75. The number of sulfonamides is 1. The minimum Gasteiger partial charge on any atom is -0.350 e. The van der Waals surface area contributed by atoms with E-state index in [4.69, 9.17) is 4.52 Å². The molecule has 0 bridgehead atoms. The van der Waals surface area contributed by atoms with Crippen molar-refractivity contribution in [2.24, 2.45) is 0 Å². The Bertz CT molecular complexity index is 1090. The summed E-state index contributed by atoms with van der Waals surface area (Å²) >= 11 is 0. The number of amides is 1. The Balaban J connectivity index is 1.78. The van der Waals surface area contributed by atoms with Crippen molar-refractivity contribution < 1.29 is 17.7 Å². The molecule has 0 atom stereocenters. The van der Waals surface area contributed by atoms with Crippen LogP contribution in [0.4, 0.5) is 11.4 Å². The van der Waals surface area contributed by atoms with Gasteiger partial charge in [-0.2, -0.15) is 0 Å². The molecule has 0 aliphatic carbocycles. The number of carbonyl (C=O) groups excluding carboxylic acids is 1. The molecule has 1 aromatic heterocycles. The van der Waals surface area contributed by atoms with Crippen LogP contribution < -0.4 is 10.0 Å². The lowest BCUT2D eigenvalue weighted by atomic mass is 10.1. The van der Waals surface area contributed by atoms with Crippen molar-refractivity contribution in [2.75, 3.05) is 16.3 Å².